The number of carbonyl (C=O) groups is 1. The zero-order chi connectivity index (χ0) is 20.9. The fourth-order valence-electron chi connectivity index (χ4n) is 2.38. The van der Waals surface area contributed by atoms with Gasteiger partial charge in [0.05, 0.1) is 24.3 Å². The van der Waals surface area contributed by atoms with Crippen molar-refractivity contribution in [3.05, 3.63) is 41.1 Å². The number of benzene rings is 1. The summed E-state index contributed by atoms with van der Waals surface area (Å²) in [6.07, 6.45) is 1.10. The Morgan fingerprint density at radius 1 is 1.36 bits per heavy atom. The zero-order valence-corrected chi connectivity index (χ0v) is 16.5. The first kappa shape index (κ1) is 21.0. The molecule has 1 amide bonds. The minimum atomic E-state index is -3.38. The molecule has 0 aliphatic rings. The van der Waals surface area contributed by atoms with Crippen LogP contribution < -0.4 is 20.5 Å². The summed E-state index contributed by atoms with van der Waals surface area (Å²) in [5, 5.41) is 11.8. The lowest BCUT2D eigenvalue weighted by atomic mass is 10.2. The molecule has 0 saturated heterocycles. The number of rotatable bonds is 7. The Balaban J connectivity index is 2.24. The van der Waals surface area contributed by atoms with Crippen LogP contribution in [0.1, 0.15) is 28.5 Å². The summed E-state index contributed by atoms with van der Waals surface area (Å²) < 4.78 is 33.8. The molecule has 0 atom stereocenters. The number of nitrogens with two attached hydrogens (primary N) is 1. The second-order valence-electron chi connectivity index (χ2n) is 5.75. The third-order valence-electron chi connectivity index (χ3n) is 3.77. The lowest BCUT2D eigenvalue weighted by molar-refractivity contribution is 0.0944. The molecule has 0 aliphatic heterocycles. The summed E-state index contributed by atoms with van der Waals surface area (Å²) in [5.41, 5.74) is 6.53. The molecule has 2 aromatic rings. The van der Waals surface area contributed by atoms with Gasteiger partial charge in [-0.25, -0.2) is 13.4 Å². The van der Waals surface area contributed by atoms with E-state index in [1.165, 1.54) is 25.3 Å². The highest BCUT2D eigenvalue weighted by Gasteiger charge is 2.17. The number of ether oxygens (including phenoxy) is 2. The predicted molar refractivity (Wildman–Crippen MR) is 102 cm³/mol. The number of carbonyl (C=O) groups excluding carboxylic acids is 1. The second-order valence-corrected chi connectivity index (χ2v) is 7.77. The normalized spacial score (nSPS) is 10.8. The van der Waals surface area contributed by atoms with E-state index in [0.29, 0.717) is 11.3 Å². The average Bonchev–Trinajstić information content (AvgIpc) is 2.65. The number of anilines is 1. The Kier molecular flexibility index (Phi) is 6.43. The SMILES string of the molecule is CCOc1nc(C(=O)NCc2ccc(S(C)(=O)=O)cc2OC)cc(N)c1C#N. The summed E-state index contributed by atoms with van der Waals surface area (Å²) in [7, 11) is -1.97. The van der Waals surface area contributed by atoms with Crippen molar-refractivity contribution in [1.82, 2.24) is 10.3 Å². The number of hydrogen-bond donors (Lipinski definition) is 2. The van der Waals surface area contributed by atoms with Crippen molar-refractivity contribution in [2.24, 2.45) is 0 Å². The number of aromatic nitrogens is 1. The molecule has 0 unspecified atom stereocenters. The van der Waals surface area contributed by atoms with Crippen LogP contribution in [-0.4, -0.2) is 39.3 Å². The maximum atomic E-state index is 12.4. The smallest absolute Gasteiger partial charge is 0.270 e. The van der Waals surface area contributed by atoms with Crippen LogP contribution in [0.3, 0.4) is 0 Å². The molecule has 3 N–H and O–H groups in total. The predicted octanol–water partition coefficient (Wildman–Crippen LogP) is 1.28. The molecule has 0 fully saturated rings. The molecule has 1 aromatic heterocycles. The minimum absolute atomic E-state index is 0.00771. The molecule has 0 radical (unpaired) electrons. The number of hydrogen-bond acceptors (Lipinski definition) is 8. The van der Waals surface area contributed by atoms with Gasteiger partial charge >= 0.3 is 0 Å². The molecule has 1 aromatic carbocycles. The number of nitrogens with zero attached hydrogens (tertiary/aromatic N) is 2. The van der Waals surface area contributed by atoms with E-state index in [1.807, 2.05) is 6.07 Å². The summed E-state index contributed by atoms with van der Waals surface area (Å²) in [5.74, 6) is -0.220. The Labute approximate surface area is 163 Å². The molecule has 0 saturated carbocycles. The zero-order valence-electron chi connectivity index (χ0n) is 15.6. The maximum Gasteiger partial charge on any atom is 0.270 e. The monoisotopic (exact) mass is 404 g/mol. The summed E-state index contributed by atoms with van der Waals surface area (Å²) in [6.45, 7) is 2.05. The standard InChI is InChI=1S/C18H20N4O5S/c1-4-27-18-13(9-19)14(20)8-15(22-18)17(23)21-10-11-5-6-12(28(3,24)25)7-16(11)26-2/h5-8H,4,10H2,1-3H3,(H2,20,22)(H,21,23). The van der Waals surface area contributed by atoms with Crippen LogP contribution >= 0.6 is 0 Å². The highest BCUT2D eigenvalue weighted by Crippen LogP contribution is 2.24. The van der Waals surface area contributed by atoms with Gasteiger partial charge in [0.2, 0.25) is 5.88 Å². The van der Waals surface area contributed by atoms with Crippen LogP contribution in [0.15, 0.2) is 29.2 Å². The highest BCUT2D eigenvalue weighted by molar-refractivity contribution is 7.90. The van der Waals surface area contributed by atoms with Gasteiger partial charge in [0.1, 0.15) is 23.1 Å². The van der Waals surface area contributed by atoms with Crippen molar-refractivity contribution in [1.29, 1.82) is 5.26 Å². The largest absolute Gasteiger partial charge is 0.496 e. The van der Waals surface area contributed by atoms with Gasteiger partial charge < -0.3 is 20.5 Å². The molecule has 0 aliphatic carbocycles. The second kappa shape index (κ2) is 8.58. The fraction of sp³-hybridized carbons (Fsp3) is 0.278. The summed E-state index contributed by atoms with van der Waals surface area (Å²) in [4.78, 5) is 16.6. The molecule has 10 heteroatoms. The van der Waals surface area contributed by atoms with Gasteiger partial charge in [0, 0.05) is 18.4 Å². The number of methoxy groups -OCH3 is 1. The van der Waals surface area contributed by atoms with Crippen molar-refractivity contribution < 1.29 is 22.7 Å². The van der Waals surface area contributed by atoms with E-state index in [9.17, 15) is 13.2 Å². The first-order chi connectivity index (χ1) is 13.2. The molecule has 2 rings (SSSR count). The summed E-state index contributed by atoms with van der Waals surface area (Å²) in [6, 6.07) is 7.57. The number of nitrogen functional groups attached to an aromatic ring is 1. The van der Waals surface area contributed by atoms with Crippen LogP contribution in [-0.2, 0) is 16.4 Å². The molecule has 0 spiro atoms. The lowest BCUT2D eigenvalue weighted by Gasteiger charge is -2.12. The molecule has 9 nitrogen and oxygen atoms in total. The molecule has 0 bridgehead atoms. The molecular weight excluding hydrogens is 384 g/mol. The van der Waals surface area contributed by atoms with Crippen LogP contribution in [0, 0.1) is 11.3 Å². The van der Waals surface area contributed by atoms with Crippen LogP contribution in [0.2, 0.25) is 0 Å². The number of pyridine rings is 1. The van der Waals surface area contributed by atoms with E-state index in [2.05, 4.69) is 10.3 Å². The van der Waals surface area contributed by atoms with E-state index in [-0.39, 0.29) is 40.9 Å². The summed E-state index contributed by atoms with van der Waals surface area (Å²) >= 11 is 0. The first-order valence-electron chi connectivity index (χ1n) is 8.19. The third-order valence-corrected chi connectivity index (χ3v) is 4.88. The molecular formula is C18H20N4O5S. The van der Waals surface area contributed by atoms with Gasteiger partial charge in [0.15, 0.2) is 9.84 Å². The maximum absolute atomic E-state index is 12.4. The number of amides is 1. The molecule has 148 valence electrons. The Bertz CT molecular complexity index is 1040. The lowest BCUT2D eigenvalue weighted by Crippen LogP contribution is -2.24. The van der Waals surface area contributed by atoms with Crippen molar-refractivity contribution in [3.8, 4) is 17.7 Å². The van der Waals surface area contributed by atoms with E-state index in [1.54, 1.807) is 13.0 Å². The average molecular weight is 404 g/mol. The van der Waals surface area contributed by atoms with Gasteiger partial charge in [-0.15, -0.1) is 0 Å². The van der Waals surface area contributed by atoms with Crippen molar-refractivity contribution in [2.45, 2.75) is 18.4 Å². The van der Waals surface area contributed by atoms with Crippen molar-refractivity contribution >= 4 is 21.4 Å². The van der Waals surface area contributed by atoms with Gasteiger partial charge in [-0.1, -0.05) is 6.07 Å². The van der Waals surface area contributed by atoms with E-state index >= 15 is 0 Å². The van der Waals surface area contributed by atoms with Gasteiger partial charge in [0.25, 0.3) is 5.91 Å². The first-order valence-corrected chi connectivity index (χ1v) is 10.1. The van der Waals surface area contributed by atoms with Gasteiger partial charge in [-0.3, -0.25) is 4.79 Å². The Hall–Kier alpha value is -3.32. The van der Waals surface area contributed by atoms with Crippen LogP contribution in [0.25, 0.3) is 0 Å². The highest BCUT2D eigenvalue weighted by atomic mass is 32.2. The van der Waals surface area contributed by atoms with Crippen molar-refractivity contribution in [2.75, 3.05) is 25.7 Å². The molecule has 1 heterocycles. The van der Waals surface area contributed by atoms with Crippen LogP contribution in [0.5, 0.6) is 11.6 Å². The molecule has 28 heavy (non-hydrogen) atoms. The van der Waals surface area contributed by atoms with Gasteiger partial charge in [-0.05, 0) is 25.1 Å². The Morgan fingerprint density at radius 3 is 2.64 bits per heavy atom. The number of sulfone groups is 1. The van der Waals surface area contributed by atoms with Gasteiger partial charge in [-0.2, -0.15) is 5.26 Å². The van der Waals surface area contributed by atoms with E-state index < -0.39 is 15.7 Å². The number of nitriles is 1. The third kappa shape index (κ3) is 4.69. The number of nitrogens with one attached hydrogen (secondary N) is 1. The van der Waals surface area contributed by atoms with E-state index in [0.717, 1.165) is 6.26 Å². The van der Waals surface area contributed by atoms with E-state index in [4.69, 9.17) is 20.5 Å². The van der Waals surface area contributed by atoms with Crippen molar-refractivity contribution in [3.63, 3.8) is 0 Å². The quantitative estimate of drug-likeness (QED) is 0.702. The van der Waals surface area contributed by atoms with Crippen LogP contribution in [0.4, 0.5) is 5.69 Å². The minimum Gasteiger partial charge on any atom is -0.496 e. The Morgan fingerprint density at radius 2 is 2.07 bits per heavy atom. The fourth-order valence-corrected chi connectivity index (χ4v) is 3.01. The topological polar surface area (TPSA) is 144 Å².